The normalized spacial score (nSPS) is 26.2. The molecule has 0 spiro atoms. The number of nitrogens with one attached hydrogen (secondary N) is 4. The van der Waals surface area contributed by atoms with E-state index in [-0.39, 0.29) is 63.1 Å². The molecule has 2 aliphatic rings. The van der Waals surface area contributed by atoms with E-state index in [2.05, 4.69) is 21.3 Å². The molecule has 5 N–H and O–H groups in total. The van der Waals surface area contributed by atoms with Gasteiger partial charge in [-0.25, -0.2) is 4.79 Å². The van der Waals surface area contributed by atoms with E-state index in [4.69, 9.17) is 14.2 Å². The lowest BCUT2D eigenvalue weighted by atomic mass is 9.91. The molecule has 2 heterocycles. The monoisotopic (exact) mass is 1370 g/mol. The number of allylic oxidation sites excluding steroid dienone is 2. The number of likely N-dealkylation sites (N-methyl/N-ethyl adjacent to an activating group) is 7. The van der Waals surface area contributed by atoms with Gasteiger partial charge < -0.3 is 79.8 Å². The zero-order valence-electron chi connectivity index (χ0n) is 62.6. The molecule has 0 radical (unpaired) electrons. The first kappa shape index (κ1) is 86.1. The summed E-state index contributed by atoms with van der Waals surface area (Å²) in [6.45, 7) is 28.5. The van der Waals surface area contributed by atoms with Gasteiger partial charge >= 0.3 is 6.09 Å². The Kier molecular flexibility index (Phi) is 36.3. The second kappa shape index (κ2) is 40.8. The van der Waals surface area contributed by atoms with Crippen molar-refractivity contribution in [2.75, 3.05) is 95.4 Å². The molecular formula is C69H122N12O16. The van der Waals surface area contributed by atoms with Gasteiger partial charge in [0.1, 0.15) is 60.4 Å². The van der Waals surface area contributed by atoms with Crippen molar-refractivity contribution in [3.05, 3.63) is 12.2 Å². The smallest absolute Gasteiger partial charge is 0.409 e. The van der Waals surface area contributed by atoms with Crippen molar-refractivity contribution in [1.82, 2.24) is 60.5 Å². The largest absolute Gasteiger partial charge is 0.449 e. The number of carbonyl (C=O) groups is 12. The van der Waals surface area contributed by atoms with Crippen LogP contribution in [0.25, 0.3) is 0 Å². The van der Waals surface area contributed by atoms with Gasteiger partial charge in [-0.1, -0.05) is 95.2 Å². The van der Waals surface area contributed by atoms with Gasteiger partial charge in [-0.05, 0) is 108 Å². The predicted octanol–water partition coefficient (Wildman–Crippen LogP) is 2.88. The van der Waals surface area contributed by atoms with Gasteiger partial charge in [0.15, 0.2) is 0 Å². The number of ether oxygens (including phenoxy) is 3. The molecule has 2 saturated heterocycles. The lowest BCUT2D eigenvalue weighted by molar-refractivity contribution is -0.157. The van der Waals surface area contributed by atoms with Crippen LogP contribution < -0.4 is 21.3 Å². The summed E-state index contributed by atoms with van der Waals surface area (Å²) < 4.78 is 17.0. The number of amides is 12. The Labute approximate surface area is 577 Å². The van der Waals surface area contributed by atoms with Gasteiger partial charge in [0.2, 0.25) is 65.0 Å². The van der Waals surface area contributed by atoms with Crippen molar-refractivity contribution >= 4 is 71.1 Å². The zero-order valence-corrected chi connectivity index (χ0v) is 62.6. The third-order valence-electron chi connectivity index (χ3n) is 18.2. The van der Waals surface area contributed by atoms with Crippen LogP contribution in [0.15, 0.2) is 12.2 Å². The molecule has 28 nitrogen and oxygen atoms in total. The number of hydrogen-bond acceptors (Lipinski definition) is 16. The second-order valence-electron chi connectivity index (χ2n) is 28.4. The minimum atomic E-state index is -1.66. The number of carbonyl (C=O) groups excluding carboxylic acids is 12. The minimum absolute atomic E-state index is 0.0288. The summed E-state index contributed by atoms with van der Waals surface area (Å²) in [7, 11) is 9.72. The summed E-state index contributed by atoms with van der Waals surface area (Å²) in [6.07, 6.45) is 1.85. The van der Waals surface area contributed by atoms with Crippen LogP contribution in [0.3, 0.4) is 0 Å². The second-order valence-corrected chi connectivity index (χ2v) is 28.4. The van der Waals surface area contributed by atoms with Crippen LogP contribution in [-0.4, -0.2) is 283 Å². The highest BCUT2D eigenvalue weighted by Gasteiger charge is 2.46. The summed E-state index contributed by atoms with van der Waals surface area (Å²) >= 11 is 0. The third kappa shape index (κ3) is 25.1. The molecule has 0 aromatic heterocycles. The number of aliphatic hydroxyl groups is 1. The van der Waals surface area contributed by atoms with E-state index >= 15 is 14.4 Å². The molecule has 0 unspecified atom stereocenters. The highest BCUT2D eigenvalue weighted by molar-refractivity contribution is 5.99. The average molecular weight is 1380 g/mol. The molecule has 554 valence electrons. The lowest BCUT2D eigenvalue weighted by Gasteiger charge is -2.41. The van der Waals surface area contributed by atoms with Gasteiger partial charge in [0.05, 0.1) is 38.6 Å². The highest BCUT2D eigenvalue weighted by atomic mass is 16.6. The quantitative estimate of drug-likeness (QED) is 0.0864. The molecule has 0 aromatic carbocycles. The number of nitrogens with zero attached hydrogens (tertiary/aromatic N) is 8. The fraction of sp³-hybridized carbons (Fsp3) is 0.797. The van der Waals surface area contributed by atoms with E-state index in [9.17, 15) is 48.3 Å². The zero-order chi connectivity index (χ0) is 74.2. The molecule has 2 rings (SSSR count). The first-order chi connectivity index (χ1) is 45.2. The first-order valence-electron chi connectivity index (χ1n) is 34.7. The highest BCUT2D eigenvalue weighted by Crippen LogP contribution is 2.26. The van der Waals surface area contributed by atoms with E-state index in [1.165, 1.54) is 82.8 Å². The molecule has 2 fully saturated rings. The minimum Gasteiger partial charge on any atom is -0.449 e. The van der Waals surface area contributed by atoms with Crippen LogP contribution in [-0.2, 0) is 67.0 Å². The number of morpholine rings is 1. The molecule has 0 saturated carbocycles. The Hall–Kier alpha value is -6.94. The van der Waals surface area contributed by atoms with E-state index in [0.29, 0.717) is 39.1 Å². The Bertz CT molecular complexity index is 2670. The number of unbranched alkanes of at least 4 members (excludes halogenated alkanes) is 1. The van der Waals surface area contributed by atoms with E-state index < -0.39 is 168 Å². The van der Waals surface area contributed by atoms with Crippen LogP contribution in [0.2, 0.25) is 0 Å². The molecule has 12 amide bonds. The fourth-order valence-corrected chi connectivity index (χ4v) is 12.0. The number of aliphatic hydroxyl groups excluding tert-OH is 1. The maximum atomic E-state index is 15.3. The summed E-state index contributed by atoms with van der Waals surface area (Å²) in [5, 5.41) is 23.1. The predicted molar refractivity (Wildman–Crippen MR) is 367 cm³/mol. The van der Waals surface area contributed by atoms with E-state index in [1.54, 1.807) is 72.4 Å². The molecule has 0 bridgehead atoms. The van der Waals surface area contributed by atoms with Crippen LogP contribution in [0.5, 0.6) is 0 Å². The van der Waals surface area contributed by atoms with Crippen molar-refractivity contribution in [3.63, 3.8) is 0 Å². The number of rotatable bonds is 20. The molecular weight excluding hydrogens is 1250 g/mol. The van der Waals surface area contributed by atoms with E-state index in [0.717, 1.165) is 14.7 Å². The van der Waals surface area contributed by atoms with Crippen molar-refractivity contribution in [2.45, 2.75) is 228 Å². The molecule has 13 atom stereocenters. The topological polar surface area (TPSA) is 327 Å². The molecule has 0 aromatic rings. The van der Waals surface area contributed by atoms with Crippen molar-refractivity contribution in [1.29, 1.82) is 0 Å². The maximum absolute atomic E-state index is 15.3. The van der Waals surface area contributed by atoms with Crippen LogP contribution >= 0.6 is 0 Å². The molecule has 28 heteroatoms. The third-order valence-corrected chi connectivity index (χ3v) is 18.2. The van der Waals surface area contributed by atoms with Gasteiger partial charge in [0, 0.05) is 69.0 Å². The first-order valence-corrected chi connectivity index (χ1v) is 34.7. The average Bonchev–Trinajstić information content (AvgIpc) is 0.816. The summed E-state index contributed by atoms with van der Waals surface area (Å²) in [5.74, 6) is -10.4. The standard InChI is InChI=1S/C69H122N12O16/c1-24-26-29-45(13)58(83)57-62(87)72-49(25-2)64(89)74(17)39-53(82)78(21)56(48(16)96-32-27-28-33-97-69(94)81-30-34-95-35-31-81)61(86)73-54(43(9)10)67(92)75(18)50(36-40(3)4)60(85)70-46(14)59(84)71-47(15)63(88)76(19)51(37-41(5)6)65(90)77(20)52(38-42(7)8)66(91)79(22)55(44(11)12)68(93)80(57)23/h24,26,40-52,54-58,83H,25,27-39H2,1-23H3,(H,70,85)(H,71,84)(H,72,87)(H,73,86)/b26-24+/t45-,46+,47-,48-,49+,50+,51+,52+,54+,55+,56+,57+,58-/m1/s1. The van der Waals surface area contributed by atoms with E-state index in [1.807, 2.05) is 41.5 Å². The Morgan fingerprint density at radius 3 is 1.55 bits per heavy atom. The van der Waals surface area contributed by atoms with Crippen LogP contribution in [0.4, 0.5) is 4.79 Å². The van der Waals surface area contributed by atoms with Crippen LogP contribution in [0.1, 0.15) is 156 Å². The molecule has 97 heavy (non-hydrogen) atoms. The lowest BCUT2D eigenvalue weighted by Crippen LogP contribution is -2.63. The van der Waals surface area contributed by atoms with Crippen molar-refractivity contribution < 1.29 is 76.9 Å². The number of hydrogen-bond donors (Lipinski definition) is 5. The summed E-state index contributed by atoms with van der Waals surface area (Å²) in [5.41, 5.74) is 0. The van der Waals surface area contributed by atoms with Crippen molar-refractivity contribution in [2.24, 2.45) is 35.5 Å². The summed E-state index contributed by atoms with van der Waals surface area (Å²) in [6, 6.07) is -13.1. The molecule has 0 aliphatic carbocycles. The Morgan fingerprint density at radius 2 is 1.03 bits per heavy atom. The molecule has 2 aliphatic heterocycles. The van der Waals surface area contributed by atoms with Gasteiger partial charge in [0.25, 0.3) is 0 Å². The Morgan fingerprint density at radius 1 is 0.546 bits per heavy atom. The van der Waals surface area contributed by atoms with Gasteiger partial charge in [-0.3, -0.25) is 52.7 Å². The summed E-state index contributed by atoms with van der Waals surface area (Å²) in [4.78, 5) is 185. The SMILES string of the molecule is C/C=C/C[C@@H](C)[C@@H](O)[C@H]1C(=O)N[C@@H](CC)C(=O)N(C)CC(=O)N(C)[C@@H]([C@@H](C)OCCCCOC(=O)N2CCOCC2)C(=O)N[C@@H](C(C)C)C(=O)N(C)[C@@H](CC(C)C)C(=O)N[C@@H](C)C(=O)N[C@H](C)C(=O)N(C)[C@@H](CC(C)C)C(=O)N(C)[C@@H](CC(C)C)C(=O)N(C)[C@@H](C(C)C)C(=O)N1C. The van der Waals surface area contributed by atoms with Gasteiger partial charge in [-0.2, -0.15) is 0 Å². The van der Waals surface area contributed by atoms with Crippen molar-refractivity contribution in [3.8, 4) is 0 Å². The Balaban J connectivity index is 2.95. The fourth-order valence-electron chi connectivity index (χ4n) is 12.0. The maximum Gasteiger partial charge on any atom is 0.409 e. The van der Waals surface area contributed by atoms with Gasteiger partial charge in [-0.15, -0.1) is 0 Å². The van der Waals surface area contributed by atoms with Crippen LogP contribution in [0, 0.1) is 35.5 Å².